The van der Waals surface area contributed by atoms with Crippen LogP contribution in [0.1, 0.15) is 5.69 Å². The number of nitrogens with one attached hydrogen (secondary N) is 1. The molecule has 0 fully saturated rings. The molecule has 8 heteroatoms. The molecule has 1 N–H and O–H groups in total. The molecule has 4 aromatic rings. The van der Waals surface area contributed by atoms with E-state index in [0.29, 0.717) is 29.3 Å². The molecule has 3 aromatic heterocycles. The van der Waals surface area contributed by atoms with E-state index in [1.54, 1.807) is 47.5 Å². The Hall–Kier alpha value is -3.06. The van der Waals surface area contributed by atoms with Crippen molar-refractivity contribution in [2.75, 3.05) is 5.32 Å². The Morgan fingerprint density at radius 3 is 2.84 bits per heavy atom. The lowest BCUT2D eigenvalue weighted by Gasteiger charge is -2.07. The summed E-state index contributed by atoms with van der Waals surface area (Å²) in [6, 6.07) is 8.23. The van der Waals surface area contributed by atoms with Crippen LogP contribution in [0.15, 0.2) is 55.1 Å². The average Bonchev–Trinajstić information content (AvgIpc) is 3.05. The summed E-state index contributed by atoms with van der Waals surface area (Å²) < 4.78 is 15.4. The monoisotopic (exact) mass is 354 g/mol. The van der Waals surface area contributed by atoms with E-state index in [0.717, 1.165) is 5.69 Å². The third-order valence-electron chi connectivity index (χ3n) is 3.67. The maximum absolute atomic E-state index is 13.7. The Bertz CT molecular complexity index is 1030. The van der Waals surface area contributed by atoms with Gasteiger partial charge < -0.3 is 5.32 Å². The fourth-order valence-electron chi connectivity index (χ4n) is 2.46. The van der Waals surface area contributed by atoms with E-state index < -0.39 is 5.82 Å². The van der Waals surface area contributed by atoms with Gasteiger partial charge in [-0.15, -0.1) is 0 Å². The van der Waals surface area contributed by atoms with Gasteiger partial charge in [-0.1, -0.05) is 23.7 Å². The lowest BCUT2D eigenvalue weighted by molar-refractivity contribution is 0.628. The molecule has 3 heterocycles. The normalized spacial score (nSPS) is 11.0. The van der Waals surface area contributed by atoms with E-state index in [1.807, 2.05) is 6.07 Å². The summed E-state index contributed by atoms with van der Waals surface area (Å²) in [5.41, 5.74) is 2.61. The van der Waals surface area contributed by atoms with Gasteiger partial charge in [0.05, 0.1) is 35.3 Å². The molecule has 0 saturated carbocycles. The first-order chi connectivity index (χ1) is 12.2. The lowest BCUT2D eigenvalue weighted by atomic mass is 10.1. The molecule has 1 aromatic carbocycles. The zero-order valence-corrected chi connectivity index (χ0v) is 13.7. The highest BCUT2D eigenvalue weighted by molar-refractivity contribution is 6.33. The third kappa shape index (κ3) is 3.01. The third-order valence-corrected chi connectivity index (χ3v) is 4.06. The van der Waals surface area contributed by atoms with E-state index in [9.17, 15) is 4.39 Å². The second-order valence-corrected chi connectivity index (χ2v) is 5.66. The second-order valence-electron chi connectivity index (χ2n) is 5.28. The molecule has 4 rings (SSSR count). The maximum Gasteiger partial charge on any atom is 0.153 e. The van der Waals surface area contributed by atoms with Gasteiger partial charge in [-0.3, -0.25) is 4.98 Å². The zero-order chi connectivity index (χ0) is 17.2. The largest absolute Gasteiger partial charge is 0.363 e. The van der Waals surface area contributed by atoms with Crippen molar-refractivity contribution in [3.63, 3.8) is 0 Å². The quantitative estimate of drug-likeness (QED) is 0.606. The molecule has 0 saturated heterocycles. The molecule has 25 heavy (non-hydrogen) atoms. The standard InChI is InChI=1S/C17H12ClFN6/c18-17-12(2-1-3-13(17)19)14-4-5-16-23-9-11(25(16)24-14)8-22-15-10-20-6-7-21-15/h1-7,9-10H,8H2,(H,21,22). The van der Waals surface area contributed by atoms with Crippen molar-refractivity contribution >= 4 is 23.1 Å². The van der Waals surface area contributed by atoms with Crippen molar-refractivity contribution in [2.45, 2.75) is 6.54 Å². The van der Waals surface area contributed by atoms with Crippen molar-refractivity contribution in [1.82, 2.24) is 24.6 Å². The first-order valence-corrected chi connectivity index (χ1v) is 7.88. The van der Waals surface area contributed by atoms with Crippen molar-refractivity contribution in [3.05, 3.63) is 71.7 Å². The van der Waals surface area contributed by atoms with E-state index in [4.69, 9.17) is 11.6 Å². The molecule has 0 atom stereocenters. The summed E-state index contributed by atoms with van der Waals surface area (Å²) in [6.45, 7) is 0.465. The Morgan fingerprint density at radius 2 is 2.00 bits per heavy atom. The number of rotatable bonds is 4. The van der Waals surface area contributed by atoms with Crippen molar-refractivity contribution in [1.29, 1.82) is 0 Å². The SMILES string of the molecule is Fc1cccc(-c2ccc3ncc(CNc4cnccn4)n3n2)c1Cl. The average molecular weight is 355 g/mol. The Morgan fingerprint density at radius 1 is 1.08 bits per heavy atom. The van der Waals surface area contributed by atoms with Crippen LogP contribution in [0.3, 0.4) is 0 Å². The van der Waals surface area contributed by atoms with Gasteiger partial charge in [0.2, 0.25) is 0 Å². The van der Waals surface area contributed by atoms with Crippen LogP contribution >= 0.6 is 11.6 Å². The topological polar surface area (TPSA) is 68.0 Å². The predicted octanol–water partition coefficient (Wildman–Crippen LogP) is 3.59. The minimum absolute atomic E-state index is 0.0497. The molecule has 124 valence electrons. The molecule has 0 unspecified atom stereocenters. The van der Waals surface area contributed by atoms with Crippen LogP contribution in [0.4, 0.5) is 10.2 Å². The number of hydrogen-bond acceptors (Lipinski definition) is 5. The van der Waals surface area contributed by atoms with Crippen LogP contribution in [-0.2, 0) is 6.54 Å². The molecule has 0 bridgehead atoms. The van der Waals surface area contributed by atoms with E-state index in [-0.39, 0.29) is 5.02 Å². The number of fused-ring (bicyclic) bond motifs is 1. The van der Waals surface area contributed by atoms with Crippen LogP contribution in [0.5, 0.6) is 0 Å². The van der Waals surface area contributed by atoms with Crippen molar-refractivity contribution in [2.24, 2.45) is 0 Å². The Balaban J connectivity index is 1.69. The summed E-state index contributed by atoms with van der Waals surface area (Å²) >= 11 is 6.07. The van der Waals surface area contributed by atoms with Gasteiger partial charge in [0.25, 0.3) is 0 Å². The molecular weight excluding hydrogens is 343 g/mol. The summed E-state index contributed by atoms with van der Waals surface area (Å²) in [5, 5.41) is 7.75. The van der Waals surface area contributed by atoms with E-state index >= 15 is 0 Å². The van der Waals surface area contributed by atoms with Gasteiger partial charge in [0.1, 0.15) is 11.6 Å². The van der Waals surface area contributed by atoms with Crippen LogP contribution in [-0.4, -0.2) is 24.6 Å². The molecule has 0 aliphatic carbocycles. The first-order valence-electron chi connectivity index (χ1n) is 7.50. The number of anilines is 1. The Kier molecular flexibility index (Phi) is 3.99. The summed E-state index contributed by atoms with van der Waals surface area (Å²) in [7, 11) is 0. The van der Waals surface area contributed by atoms with Crippen LogP contribution in [0.2, 0.25) is 5.02 Å². The number of nitrogens with zero attached hydrogens (tertiary/aromatic N) is 5. The summed E-state index contributed by atoms with van der Waals surface area (Å²) in [5.74, 6) is 0.179. The van der Waals surface area contributed by atoms with Gasteiger partial charge in [-0.25, -0.2) is 18.9 Å². The first kappa shape index (κ1) is 15.5. The van der Waals surface area contributed by atoms with Gasteiger partial charge in [-0.2, -0.15) is 5.10 Å². The molecule has 0 aliphatic rings. The van der Waals surface area contributed by atoms with Crippen LogP contribution in [0.25, 0.3) is 16.9 Å². The van der Waals surface area contributed by atoms with Gasteiger partial charge in [0.15, 0.2) is 5.65 Å². The number of imidazole rings is 1. The smallest absolute Gasteiger partial charge is 0.153 e. The number of hydrogen-bond donors (Lipinski definition) is 1. The van der Waals surface area contributed by atoms with Crippen LogP contribution in [0, 0.1) is 5.82 Å². The lowest BCUT2D eigenvalue weighted by Crippen LogP contribution is -2.06. The van der Waals surface area contributed by atoms with Crippen molar-refractivity contribution < 1.29 is 4.39 Å². The maximum atomic E-state index is 13.7. The van der Waals surface area contributed by atoms with Gasteiger partial charge >= 0.3 is 0 Å². The number of aromatic nitrogens is 5. The number of halogens is 2. The number of benzene rings is 1. The molecule has 6 nitrogen and oxygen atoms in total. The molecule has 0 spiro atoms. The summed E-state index contributed by atoms with van der Waals surface area (Å²) in [6.07, 6.45) is 6.58. The summed E-state index contributed by atoms with van der Waals surface area (Å²) in [4.78, 5) is 12.5. The van der Waals surface area contributed by atoms with Gasteiger partial charge in [-0.05, 0) is 18.2 Å². The highest BCUT2D eigenvalue weighted by Gasteiger charge is 2.12. The minimum Gasteiger partial charge on any atom is -0.363 e. The van der Waals surface area contributed by atoms with E-state index in [2.05, 4.69) is 25.4 Å². The highest BCUT2D eigenvalue weighted by Crippen LogP contribution is 2.28. The highest BCUT2D eigenvalue weighted by atomic mass is 35.5. The molecule has 0 aliphatic heterocycles. The second kappa shape index (κ2) is 6.45. The van der Waals surface area contributed by atoms with Gasteiger partial charge in [0, 0.05) is 18.0 Å². The minimum atomic E-state index is -0.476. The molecule has 0 amide bonds. The Labute approximate surface area is 147 Å². The van der Waals surface area contributed by atoms with Crippen molar-refractivity contribution in [3.8, 4) is 11.3 Å². The fraction of sp³-hybridized carbons (Fsp3) is 0.0588. The molecular formula is C17H12ClFN6. The molecule has 0 radical (unpaired) electrons. The fourth-order valence-corrected chi connectivity index (χ4v) is 2.68. The van der Waals surface area contributed by atoms with E-state index in [1.165, 1.54) is 6.07 Å². The predicted molar refractivity (Wildman–Crippen MR) is 92.7 cm³/mol. The van der Waals surface area contributed by atoms with Crippen LogP contribution < -0.4 is 5.32 Å². The zero-order valence-electron chi connectivity index (χ0n) is 12.9.